The molecule has 0 saturated carbocycles. The highest BCUT2D eigenvalue weighted by molar-refractivity contribution is 5.92. The normalized spacial score (nSPS) is 15.5. The summed E-state index contributed by atoms with van der Waals surface area (Å²) in [5, 5.41) is 7.48. The van der Waals surface area contributed by atoms with Gasteiger partial charge in [0.1, 0.15) is 12.4 Å². The summed E-state index contributed by atoms with van der Waals surface area (Å²) in [5.41, 5.74) is 2.03. The van der Waals surface area contributed by atoms with Gasteiger partial charge in [0.25, 0.3) is 0 Å². The van der Waals surface area contributed by atoms with Crippen molar-refractivity contribution >= 4 is 11.9 Å². The van der Waals surface area contributed by atoms with Gasteiger partial charge in [-0.05, 0) is 37.5 Å². The van der Waals surface area contributed by atoms with E-state index in [2.05, 4.69) is 22.3 Å². The van der Waals surface area contributed by atoms with Gasteiger partial charge in [-0.15, -0.1) is 0 Å². The van der Waals surface area contributed by atoms with Crippen LogP contribution in [0.3, 0.4) is 0 Å². The van der Waals surface area contributed by atoms with E-state index in [-0.39, 0.29) is 5.97 Å². The maximum atomic E-state index is 12.9. The van der Waals surface area contributed by atoms with Crippen LogP contribution in [0.2, 0.25) is 0 Å². The van der Waals surface area contributed by atoms with Crippen LogP contribution in [0.4, 0.5) is 5.95 Å². The number of carbonyl (C=O) groups is 1. The average molecular weight is 400 g/mol. The summed E-state index contributed by atoms with van der Waals surface area (Å²) in [5.74, 6) is 1.48. The molecule has 0 fully saturated rings. The lowest BCUT2D eigenvalue weighted by Gasteiger charge is -2.28. The van der Waals surface area contributed by atoms with E-state index < -0.39 is 6.04 Å². The molecule has 1 atom stereocenters. The summed E-state index contributed by atoms with van der Waals surface area (Å²) in [6, 6.07) is 5.18. The number of hydrogen-bond donors (Lipinski definition) is 1. The number of aromatic nitrogens is 3. The number of allylic oxidation sites excluding steroid dienone is 1. The molecule has 8 nitrogen and oxygen atoms in total. The molecule has 156 valence electrons. The zero-order valence-corrected chi connectivity index (χ0v) is 17.4. The van der Waals surface area contributed by atoms with E-state index in [1.54, 1.807) is 11.8 Å². The molecule has 0 saturated heterocycles. The second kappa shape index (κ2) is 9.45. The molecule has 2 heterocycles. The Hall–Kier alpha value is -3.03. The molecule has 1 aromatic carbocycles. The van der Waals surface area contributed by atoms with Gasteiger partial charge >= 0.3 is 5.97 Å². The van der Waals surface area contributed by atoms with Crippen LogP contribution < -0.4 is 14.8 Å². The van der Waals surface area contributed by atoms with E-state index in [1.165, 1.54) is 6.33 Å². The number of fused-ring (bicyclic) bond motifs is 1. The lowest BCUT2D eigenvalue weighted by Crippen LogP contribution is -2.29. The van der Waals surface area contributed by atoms with Crippen molar-refractivity contribution in [2.45, 2.75) is 46.1 Å². The Morgan fingerprint density at radius 1 is 1.21 bits per heavy atom. The summed E-state index contributed by atoms with van der Waals surface area (Å²) in [6.45, 7) is 6.93. The first-order valence-electron chi connectivity index (χ1n) is 9.95. The third-order valence-electron chi connectivity index (χ3n) is 4.71. The molecule has 1 aromatic heterocycles. The van der Waals surface area contributed by atoms with Gasteiger partial charge in [0.2, 0.25) is 5.95 Å². The number of ether oxygens (including phenoxy) is 3. The van der Waals surface area contributed by atoms with Gasteiger partial charge in [0.15, 0.2) is 11.5 Å². The molecule has 0 bridgehead atoms. The lowest BCUT2D eigenvalue weighted by atomic mass is 9.95. The standard InChI is InChI=1S/C21H28N4O4/c1-5-7-11-29-20(26)18-14(3)24-21-22-13-23-25(21)19(18)15-8-9-16(28-10-6-2)17(12-15)27-4/h8-9,12-13,19H,5-7,10-11H2,1-4H3,(H,22,23,24). The minimum absolute atomic E-state index is 0.361. The summed E-state index contributed by atoms with van der Waals surface area (Å²) >= 11 is 0. The number of carbonyl (C=O) groups excluding carboxylic acids is 1. The van der Waals surface area contributed by atoms with Crippen LogP contribution in [0.15, 0.2) is 35.8 Å². The molecular weight excluding hydrogens is 372 g/mol. The van der Waals surface area contributed by atoms with Gasteiger partial charge in [-0.2, -0.15) is 10.1 Å². The van der Waals surface area contributed by atoms with Crippen LogP contribution in [0.5, 0.6) is 11.5 Å². The number of anilines is 1. The van der Waals surface area contributed by atoms with Gasteiger partial charge in [-0.25, -0.2) is 9.48 Å². The van der Waals surface area contributed by atoms with Gasteiger partial charge in [0, 0.05) is 5.70 Å². The predicted octanol–water partition coefficient (Wildman–Crippen LogP) is 3.71. The highest BCUT2D eigenvalue weighted by Crippen LogP contribution is 2.38. The molecule has 29 heavy (non-hydrogen) atoms. The molecule has 0 spiro atoms. The minimum Gasteiger partial charge on any atom is -0.493 e. The first-order valence-corrected chi connectivity index (χ1v) is 9.95. The number of methoxy groups -OCH3 is 1. The van der Waals surface area contributed by atoms with Crippen molar-refractivity contribution in [3.63, 3.8) is 0 Å². The Kier molecular flexibility index (Phi) is 6.74. The van der Waals surface area contributed by atoms with E-state index in [0.29, 0.717) is 41.9 Å². The second-order valence-electron chi connectivity index (χ2n) is 6.84. The Morgan fingerprint density at radius 3 is 2.76 bits per heavy atom. The van der Waals surface area contributed by atoms with Crippen molar-refractivity contribution in [2.24, 2.45) is 0 Å². The predicted molar refractivity (Wildman–Crippen MR) is 109 cm³/mol. The molecule has 1 aliphatic rings. The first-order chi connectivity index (χ1) is 14.1. The van der Waals surface area contributed by atoms with Crippen molar-refractivity contribution in [2.75, 3.05) is 25.6 Å². The van der Waals surface area contributed by atoms with Crippen LogP contribution in [0, 0.1) is 0 Å². The topological polar surface area (TPSA) is 87.5 Å². The van der Waals surface area contributed by atoms with E-state index in [0.717, 1.165) is 24.8 Å². The smallest absolute Gasteiger partial charge is 0.338 e. The molecule has 0 amide bonds. The van der Waals surface area contributed by atoms with Crippen molar-refractivity contribution < 1.29 is 19.0 Å². The zero-order chi connectivity index (χ0) is 20.8. The highest BCUT2D eigenvalue weighted by atomic mass is 16.5. The fourth-order valence-corrected chi connectivity index (χ4v) is 3.24. The van der Waals surface area contributed by atoms with E-state index in [1.807, 2.05) is 32.0 Å². The quantitative estimate of drug-likeness (QED) is 0.507. The van der Waals surface area contributed by atoms with Gasteiger partial charge in [0.05, 0.1) is 25.9 Å². The van der Waals surface area contributed by atoms with Gasteiger partial charge in [-0.3, -0.25) is 0 Å². The summed E-state index contributed by atoms with van der Waals surface area (Å²) < 4.78 is 18.5. The summed E-state index contributed by atoms with van der Waals surface area (Å²) in [4.78, 5) is 17.2. The van der Waals surface area contributed by atoms with Crippen molar-refractivity contribution in [3.8, 4) is 11.5 Å². The zero-order valence-electron chi connectivity index (χ0n) is 17.4. The molecule has 0 radical (unpaired) electrons. The van der Waals surface area contributed by atoms with Crippen LogP contribution >= 0.6 is 0 Å². The van der Waals surface area contributed by atoms with E-state index in [9.17, 15) is 4.79 Å². The Labute approximate surface area is 170 Å². The van der Waals surface area contributed by atoms with Crippen LogP contribution in [-0.2, 0) is 9.53 Å². The number of unbranched alkanes of at least 4 members (excludes halogenated alkanes) is 1. The Morgan fingerprint density at radius 2 is 2.03 bits per heavy atom. The average Bonchev–Trinajstić information content (AvgIpc) is 3.19. The number of nitrogens with one attached hydrogen (secondary N) is 1. The molecular formula is C21H28N4O4. The van der Waals surface area contributed by atoms with Crippen LogP contribution in [0.1, 0.15) is 51.6 Å². The highest BCUT2D eigenvalue weighted by Gasteiger charge is 2.34. The molecule has 3 rings (SSSR count). The fourth-order valence-electron chi connectivity index (χ4n) is 3.24. The first kappa shape index (κ1) is 20.7. The van der Waals surface area contributed by atoms with Gasteiger partial charge in [-0.1, -0.05) is 26.3 Å². The fraction of sp³-hybridized carbons (Fsp3) is 0.476. The maximum Gasteiger partial charge on any atom is 0.338 e. The van der Waals surface area contributed by atoms with E-state index >= 15 is 0 Å². The lowest BCUT2D eigenvalue weighted by molar-refractivity contribution is -0.139. The molecule has 0 aliphatic carbocycles. The monoisotopic (exact) mass is 400 g/mol. The number of hydrogen-bond acceptors (Lipinski definition) is 7. The number of benzene rings is 1. The molecule has 1 N–H and O–H groups in total. The van der Waals surface area contributed by atoms with Crippen molar-refractivity contribution in [3.05, 3.63) is 41.4 Å². The summed E-state index contributed by atoms with van der Waals surface area (Å²) in [7, 11) is 1.60. The molecule has 1 aliphatic heterocycles. The Balaban J connectivity index is 2.00. The van der Waals surface area contributed by atoms with Crippen LogP contribution in [-0.4, -0.2) is 41.1 Å². The second-order valence-corrected chi connectivity index (χ2v) is 6.84. The minimum atomic E-state index is -0.475. The van der Waals surface area contributed by atoms with Crippen LogP contribution in [0.25, 0.3) is 0 Å². The summed E-state index contributed by atoms with van der Waals surface area (Å²) in [6.07, 6.45) is 4.14. The third kappa shape index (κ3) is 4.36. The maximum absolute atomic E-state index is 12.9. The van der Waals surface area contributed by atoms with Crippen molar-refractivity contribution in [1.29, 1.82) is 0 Å². The number of rotatable bonds is 9. The van der Waals surface area contributed by atoms with Gasteiger partial charge < -0.3 is 19.5 Å². The third-order valence-corrected chi connectivity index (χ3v) is 4.71. The number of esters is 1. The molecule has 1 unspecified atom stereocenters. The van der Waals surface area contributed by atoms with Crippen molar-refractivity contribution in [1.82, 2.24) is 14.8 Å². The number of nitrogens with zero attached hydrogens (tertiary/aromatic N) is 3. The molecule has 8 heteroatoms. The Bertz CT molecular complexity index is 891. The largest absolute Gasteiger partial charge is 0.493 e. The SMILES string of the molecule is CCCCOC(=O)C1=C(C)Nc2ncnn2C1c1ccc(OCCC)c(OC)c1. The van der Waals surface area contributed by atoms with E-state index in [4.69, 9.17) is 14.2 Å². The molecule has 2 aromatic rings.